The highest BCUT2D eigenvalue weighted by molar-refractivity contribution is 5.81. The van der Waals surface area contributed by atoms with Crippen LogP contribution in [0.2, 0.25) is 0 Å². The maximum atomic E-state index is 10.4. The molecule has 1 saturated heterocycles. The number of rotatable bonds is 4. The molecule has 0 amide bonds. The molecule has 1 aliphatic rings. The van der Waals surface area contributed by atoms with E-state index in [2.05, 4.69) is 4.98 Å². The van der Waals surface area contributed by atoms with Gasteiger partial charge < -0.3 is 9.84 Å². The zero-order valence-corrected chi connectivity index (χ0v) is 11.0. The molecule has 2 unspecified atom stereocenters. The van der Waals surface area contributed by atoms with E-state index in [1.807, 2.05) is 30.3 Å². The van der Waals surface area contributed by atoms with Crippen molar-refractivity contribution in [3.05, 3.63) is 42.1 Å². The average molecular weight is 257 g/mol. The van der Waals surface area contributed by atoms with Crippen LogP contribution in [0.15, 0.2) is 36.5 Å². The van der Waals surface area contributed by atoms with Crippen LogP contribution in [0.1, 0.15) is 37.4 Å². The van der Waals surface area contributed by atoms with Gasteiger partial charge in [-0.1, -0.05) is 24.3 Å². The predicted octanol–water partition coefficient (Wildman–Crippen LogP) is 3.23. The van der Waals surface area contributed by atoms with Crippen molar-refractivity contribution in [1.82, 2.24) is 4.98 Å². The van der Waals surface area contributed by atoms with Crippen LogP contribution in [0.3, 0.4) is 0 Å². The molecular formula is C16H19NO2. The summed E-state index contributed by atoms with van der Waals surface area (Å²) in [5, 5.41) is 11.5. The van der Waals surface area contributed by atoms with Gasteiger partial charge in [-0.05, 0) is 31.7 Å². The van der Waals surface area contributed by atoms with Gasteiger partial charge in [0.2, 0.25) is 0 Å². The molecule has 0 spiro atoms. The molecule has 2 aromatic rings. The van der Waals surface area contributed by atoms with Gasteiger partial charge in [-0.2, -0.15) is 0 Å². The maximum Gasteiger partial charge on any atom is 0.0812 e. The third kappa shape index (κ3) is 2.77. The topological polar surface area (TPSA) is 42.4 Å². The van der Waals surface area contributed by atoms with E-state index in [9.17, 15) is 5.11 Å². The predicted molar refractivity (Wildman–Crippen MR) is 74.9 cm³/mol. The first-order valence-electron chi connectivity index (χ1n) is 6.98. The summed E-state index contributed by atoms with van der Waals surface area (Å²) in [5.41, 5.74) is 1.83. The van der Waals surface area contributed by atoms with Crippen molar-refractivity contribution in [1.29, 1.82) is 0 Å². The second kappa shape index (κ2) is 5.68. The molecule has 2 heterocycles. The Morgan fingerprint density at radius 3 is 3.05 bits per heavy atom. The van der Waals surface area contributed by atoms with Gasteiger partial charge in [0.1, 0.15) is 0 Å². The maximum absolute atomic E-state index is 10.4. The Morgan fingerprint density at radius 1 is 1.32 bits per heavy atom. The number of fused-ring (bicyclic) bond motifs is 1. The number of aromatic nitrogens is 1. The molecule has 0 bridgehead atoms. The van der Waals surface area contributed by atoms with Gasteiger partial charge in [-0.25, -0.2) is 0 Å². The van der Waals surface area contributed by atoms with Crippen molar-refractivity contribution in [3.63, 3.8) is 0 Å². The van der Waals surface area contributed by atoms with Crippen LogP contribution in [0.25, 0.3) is 10.9 Å². The lowest BCUT2D eigenvalue weighted by molar-refractivity contribution is 0.0815. The zero-order valence-electron chi connectivity index (χ0n) is 11.0. The summed E-state index contributed by atoms with van der Waals surface area (Å²) in [6.07, 6.45) is 5.58. The minimum Gasteiger partial charge on any atom is -0.388 e. The monoisotopic (exact) mass is 257 g/mol. The summed E-state index contributed by atoms with van der Waals surface area (Å²) < 4.78 is 5.60. The molecule has 0 aliphatic carbocycles. The van der Waals surface area contributed by atoms with E-state index < -0.39 is 6.10 Å². The highest BCUT2D eigenvalue weighted by atomic mass is 16.5. The number of nitrogens with zero attached hydrogens (tertiary/aromatic N) is 1. The molecule has 1 aromatic carbocycles. The Labute approximate surface area is 113 Å². The minimum atomic E-state index is -0.456. The van der Waals surface area contributed by atoms with E-state index >= 15 is 0 Å². The second-order valence-electron chi connectivity index (χ2n) is 5.15. The van der Waals surface area contributed by atoms with Crippen LogP contribution in [0.5, 0.6) is 0 Å². The van der Waals surface area contributed by atoms with Crippen molar-refractivity contribution in [2.24, 2.45) is 0 Å². The highest BCUT2D eigenvalue weighted by Gasteiger charge is 2.18. The lowest BCUT2D eigenvalue weighted by Gasteiger charge is -2.15. The number of aliphatic hydroxyl groups excluding tert-OH is 1. The normalized spacial score (nSPS) is 20.8. The molecule has 1 aromatic heterocycles. The summed E-state index contributed by atoms with van der Waals surface area (Å²) in [7, 11) is 0. The molecule has 3 heteroatoms. The van der Waals surface area contributed by atoms with Crippen molar-refractivity contribution >= 4 is 10.9 Å². The summed E-state index contributed by atoms with van der Waals surface area (Å²) in [4.78, 5) is 4.39. The summed E-state index contributed by atoms with van der Waals surface area (Å²) in [5.74, 6) is 0. The zero-order chi connectivity index (χ0) is 13.1. The quantitative estimate of drug-likeness (QED) is 0.914. The van der Waals surface area contributed by atoms with E-state index in [-0.39, 0.29) is 0 Å². The lowest BCUT2D eigenvalue weighted by atomic mass is 9.99. The summed E-state index contributed by atoms with van der Waals surface area (Å²) in [6.45, 7) is 0.872. The number of pyridine rings is 1. The van der Waals surface area contributed by atoms with E-state index in [4.69, 9.17) is 4.74 Å². The van der Waals surface area contributed by atoms with Gasteiger partial charge in [0, 0.05) is 23.8 Å². The Kier molecular flexibility index (Phi) is 3.76. The molecular weight excluding hydrogens is 238 g/mol. The third-order valence-corrected chi connectivity index (χ3v) is 3.81. The molecule has 1 N–H and O–H groups in total. The van der Waals surface area contributed by atoms with Crippen LogP contribution >= 0.6 is 0 Å². The largest absolute Gasteiger partial charge is 0.388 e. The van der Waals surface area contributed by atoms with E-state index in [1.54, 1.807) is 6.20 Å². The SMILES string of the molecule is OC(CCC1CCCO1)c1cccc2cccnc12. The fourth-order valence-electron chi connectivity index (χ4n) is 2.77. The van der Waals surface area contributed by atoms with Gasteiger partial charge in [0.15, 0.2) is 0 Å². The van der Waals surface area contributed by atoms with Gasteiger partial charge in [0.25, 0.3) is 0 Å². The Morgan fingerprint density at radius 2 is 2.21 bits per heavy atom. The van der Waals surface area contributed by atoms with E-state index in [1.165, 1.54) is 0 Å². The van der Waals surface area contributed by atoms with Crippen molar-refractivity contribution in [3.8, 4) is 0 Å². The van der Waals surface area contributed by atoms with E-state index in [0.29, 0.717) is 6.10 Å². The fourth-order valence-corrected chi connectivity index (χ4v) is 2.77. The average Bonchev–Trinajstić information content (AvgIpc) is 2.97. The van der Waals surface area contributed by atoms with E-state index in [0.717, 1.165) is 48.8 Å². The first-order chi connectivity index (χ1) is 9.34. The number of hydrogen-bond donors (Lipinski definition) is 1. The van der Waals surface area contributed by atoms with Crippen molar-refractivity contribution < 1.29 is 9.84 Å². The van der Waals surface area contributed by atoms with Gasteiger partial charge in [-0.3, -0.25) is 4.98 Å². The van der Waals surface area contributed by atoms with Crippen LogP contribution in [-0.4, -0.2) is 22.8 Å². The Balaban J connectivity index is 1.75. The van der Waals surface area contributed by atoms with Crippen molar-refractivity contribution in [2.45, 2.75) is 37.9 Å². The lowest BCUT2D eigenvalue weighted by Crippen LogP contribution is -2.08. The second-order valence-corrected chi connectivity index (χ2v) is 5.15. The standard InChI is InChI=1S/C16H19NO2/c18-15(9-8-13-6-3-11-19-13)14-7-1-4-12-5-2-10-17-16(12)14/h1-2,4-5,7,10,13,15,18H,3,6,8-9,11H2. The molecule has 3 rings (SSSR count). The molecule has 19 heavy (non-hydrogen) atoms. The van der Waals surface area contributed by atoms with Crippen LogP contribution in [0.4, 0.5) is 0 Å². The van der Waals surface area contributed by atoms with Crippen LogP contribution < -0.4 is 0 Å². The van der Waals surface area contributed by atoms with Crippen LogP contribution in [-0.2, 0) is 4.74 Å². The summed E-state index contributed by atoms with van der Waals surface area (Å²) >= 11 is 0. The van der Waals surface area contributed by atoms with Crippen LogP contribution in [0, 0.1) is 0 Å². The molecule has 1 aliphatic heterocycles. The van der Waals surface area contributed by atoms with Gasteiger partial charge in [0.05, 0.1) is 17.7 Å². The molecule has 1 fully saturated rings. The smallest absolute Gasteiger partial charge is 0.0812 e. The first kappa shape index (κ1) is 12.6. The highest BCUT2D eigenvalue weighted by Crippen LogP contribution is 2.27. The number of aliphatic hydroxyl groups is 1. The number of ether oxygens (including phenoxy) is 1. The minimum absolute atomic E-state index is 0.331. The fraction of sp³-hybridized carbons (Fsp3) is 0.438. The van der Waals surface area contributed by atoms with Gasteiger partial charge >= 0.3 is 0 Å². The molecule has 0 saturated carbocycles. The summed E-state index contributed by atoms with van der Waals surface area (Å²) in [6, 6.07) is 9.92. The number of para-hydroxylation sites is 1. The Hall–Kier alpha value is -1.45. The molecule has 0 radical (unpaired) electrons. The van der Waals surface area contributed by atoms with Crippen molar-refractivity contribution in [2.75, 3.05) is 6.61 Å². The number of benzene rings is 1. The Bertz CT molecular complexity index is 544. The van der Waals surface area contributed by atoms with Gasteiger partial charge in [-0.15, -0.1) is 0 Å². The first-order valence-corrected chi connectivity index (χ1v) is 6.98. The molecule has 3 nitrogen and oxygen atoms in total. The third-order valence-electron chi connectivity index (χ3n) is 3.81. The molecule has 100 valence electrons. The molecule has 2 atom stereocenters. The number of hydrogen-bond acceptors (Lipinski definition) is 3.